The zero-order valence-electron chi connectivity index (χ0n) is 8.78. The Hall–Kier alpha value is -1.74. The average Bonchev–Trinajstić information content (AvgIpc) is 2.13. The van der Waals surface area contributed by atoms with Gasteiger partial charge in [-0.15, -0.1) is 0 Å². The number of halogens is 6. The number of allylic oxidation sites excluding steroid dienone is 1. The molecule has 1 amide bonds. The summed E-state index contributed by atoms with van der Waals surface area (Å²) in [5, 5.41) is 0.558. The zero-order chi connectivity index (χ0) is 14.6. The molecule has 0 bridgehead atoms. The first kappa shape index (κ1) is 16.3. The lowest BCUT2D eigenvalue weighted by Gasteiger charge is -2.14. The number of carbonyl (C=O) groups excluding carboxylic acids is 2. The molecule has 0 fully saturated rings. The maximum absolute atomic E-state index is 12.2. The molecule has 0 aliphatic carbocycles. The van der Waals surface area contributed by atoms with Crippen LogP contribution in [0.2, 0.25) is 0 Å². The van der Waals surface area contributed by atoms with Crippen molar-refractivity contribution >= 4 is 11.9 Å². The summed E-state index contributed by atoms with van der Waals surface area (Å²) in [5.74, 6) is -4.36. The maximum atomic E-state index is 12.2. The topological polar surface area (TPSA) is 55.4 Å². The van der Waals surface area contributed by atoms with Gasteiger partial charge in [-0.2, -0.15) is 26.3 Å². The van der Waals surface area contributed by atoms with Gasteiger partial charge in [-0.3, -0.25) is 4.79 Å². The van der Waals surface area contributed by atoms with E-state index in [4.69, 9.17) is 0 Å². The van der Waals surface area contributed by atoms with Crippen molar-refractivity contribution in [1.29, 1.82) is 0 Å². The molecule has 0 saturated heterocycles. The minimum absolute atomic E-state index is 0.270. The van der Waals surface area contributed by atoms with E-state index in [1.165, 1.54) is 6.92 Å². The molecule has 10 heteroatoms. The van der Waals surface area contributed by atoms with Crippen molar-refractivity contribution in [2.24, 2.45) is 0 Å². The average molecular weight is 279 g/mol. The lowest BCUT2D eigenvalue weighted by Crippen LogP contribution is -2.40. The summed E-state index contributed by atoms with van der Waals surface area (Å²) < 4.78 is 76.0. The first-order chi connectivity index (χ1) is 7.98. The Kier molecular flexibility index (Phi) is 5.18. The molecule has 0 aliphatic heterocycles. The number of amides is 1. The first-order valence-electron chi connectivity index (χ1n) is 4.32. The number of nitrogens with one attached hydrogen (secondary N) is 1. The van der Waals surface area contributed by atoms with Crippen LogP contribution >= 0.6 is 0 Å². The Morgan fingerprint density at radius 2 is 1.61 bits per heavy atom. The van der Waals surface area contributed by atoms with Crippen LogP contribution in [0.25, 0.3) is 0 Å². The predicted octanol–water partition coefficient (Wildman–Crippen LogP) is 1.67. The second-order valence-corrected chi connectivity index (χ2v) is 2.76. The van der Waals surface area contributed by atoms with E-state index in [0.29, 0.717) is 5.32 Å². The van der Waals surface area contributed by atoms with Crippen molar-refractivity contribution in [3.05, 3.63) is 11.8 Å². The van der Waals surface area contributed by atoms with Gasteiger partial charge in [0.15, 0.2) is 0 Å². The Balaban J connectivity index is 5.05. The van der Waals surface area contributed by atoms with E-state index in [2.05, 4.69) is 4.74 Å². The fourth-order valence-electron chi connectivity index (χ4n) is 0.684. The minimum atomic E-state index is -5.50. The molecule has 0 heterocycles. The summed E-state index contributed by atoms with van der Waals surface area (Å²) in [6.45, 7) is 1.01. The summed E-state index contributed by atoms with van der Waals surface area (Å²) in [6, 6.07) is 0. The van der Waals surface area contributed by atoms with Gasteiger partial charge < -0.3 is 10.1 Å². The number of carbonyl (C=O) groups is 2. The highest BCUT2D eigenvalue weighted by atomic mass is 19.4. The molecular weight excluding hydrogens is 272 g/mol. The van der Waals surface area contributed by atoms with Gasteiger partial charge in [-0.25, -0.2) is 4.79 Å². The third-order valence-electron chi connectivity index (χ3n) is 1.36. The fourth-order valence-corrected chi connectivity index (χ4v) is 0.684. The van der Waals surface area contributed by atoms with Crippen LogP contribution in [0.3, 0.4) is 0 Å². The molecule has 1 N–H and O–H groups in total. The quantitative estimate of drug-likeness (QED) is 0.486. The lowest BCUT2D eigenvalue weighted by atomic mass is 10.3. The van der Waals surface area contributed by atoms with Gasteiger partial charge in [0.05, 0.1) is 12.7 Å². The monoisotopic (exact) mass is 279 g/mol. The molecule has 0 atom stereocenters. The molecule has 0 aromatic heterocycles. The Labute approximate surface area is 96.6 Å². The summed E-state index contributed by atoms with van der Waals surface area (Å²) >= 11 is 0. The first-order valence-corrected chi connectivity index (χ1v) is 4.32. The molecule has 0 aromatic carbocycles. The maximum Gasteiger partial charge on any atom is 0.471 e. The third-order valence-corrected chi connectivity index (χ3v) is 1.36. The molecule has 4 nitrogen and oxygen atoms in total. The largest absolute Gasteiger partial charge is 0.471 e. The van der Waals surface area contributed by atoms with E-state index >= 15 is 0 Å². The Bertz CT molecular complexity index is 357. The molecule has 18 heavy (non-hydrogen) atoms. The Morgan fingerprint density at radius 3 is 1.94 bits per heavy atom. The molecule has 0 rings (SSSR count). The third kappa shape index (κ3) is 5.55. The van der Waals surface area contributed by atoms with Gasteiger partial charge in [0.1, 0.15) is 5.70 Å². The zero-order valence-corrected chi connectivity index (χ0v) is 8.78. The molecule has 0 aliphatic rings. The minimum Gasteiger partial charge on any atom is -0.463 e. The van der Waals surface area contributed by atoms with E-state index in [1.54, 1.807) is 0 Å². The smallest absolute Gasteiger partial charge is 0.463 e. The molecular formula is C8H7F6NO3. The van der Waals surface area contributed by atoms with Gasteiger partial charge >= 0.3 is 24.2 Å². The SMILES string of the molecule is CCOC(=O)/C=C(\NC(=O)C(F)(F)F)C(F)(F)F. The van der Waals surface area contributed by atoms with Crippen molar-refractivity contribution in [2.75, 3.05) is 6.61 Å². The van der Waals surface area contributed by atoms with Crippen molar-refractivity contribution < 1.29 is 40.7 Å². The number of rotatable bonds is 3. The van der Waals surface area contributed by atoms with Crippen LogP contribution in [0.1, 0.15) is 6.92 Å². The number of ether oxygens (including phenoxy) is 1. The normalized spacial score (nSPS) is 13.2. The molecule has 0 aromatic rings. The number of hydrogen-bond donors (Lipinski definition) is 1. The van der Waals surface area contributed by atoms with E-state index in [9.17, 15) is 35.9 Å². The number of esters is 1. The summed E-state index contributed by atoms with van der Waals surface area (Å²) in [5.41, 5.74) is -2.15. The van der Waals surface area contributed by atoms with Crippen molar-refractivity contribution in [3.63, 3.8) is 0 Å². The van der Waals surface area contributed by atoms with E-state index in [1.807, 2.05) is 0 Å². The van der Waals surface area contributed by atoms with Crippen LogP contribution in [0.4, 0.5) is 26.3 Å². The number of alkyl halides is 6. The highest BCUT2D eigenvalue weighted by molar-refractivity contribution is 5.87. The van der Waals surface area contributed by atoms with Crippen LogP contribution in [-0.2, 0) is 14.3 Å². The van der Waals surface area contributed by atoms with Gasteiger partial charge in [0.25, 0.3) is 0 Å². The summed E-state index contributed by atoms with van der Waals surface area (Å²) in [6.07, 6.45) is -11.1. The molecule has 0 saturated carbocycles. The summed E-state index contributed by atoms with van der Waals surface area (Å²) in [4.78, 5) is 21.0. The van der Waals surface area contributed by atoms with E-state index in [0.717, 1.165) is 0 Å². The van der Waals surface area contributed by atoms with Gasteiger partial charge in [0.2, 0.25) is 0 Å². The van der Waals surface area contributed by atoms with Crippen LogP contribution in [0.15, 0.2) is 11.8 Å². The standard InChI is InChI=1S/C8H7F6NO3/c1-2-18-5(16)3-4(7(9,10)11)15-6(17)8(12,13)14/h3H,2H2,1H3,(H,15,17)/b4-3-. The highest BCUT2D eigenvalue weighted by Crippen LogP contribution is 2.25. The summed E-state index contributed by atoms with van der Waals surface area (Å²) in [7, 11) is 0. The van der Waals surface area contributed by atoms with Gasteiger partial charge in [-0.1, -0.05) is 0 Å². The molecule has 0 unspecified atom stereocenters. The van der Waals surface area contributed by atoms with Gasteiger partial charge in [-0.05, 0) is 6.92 Å². The van der Waals surface area contributed by atoms with E-state index in [-0.39, 0.29) is 12.7 Å². The number of hydrogen-bond acceptors (Lipinski definition) is 3. The van der Waals surface area contributed by atoms with Crippen LogP contribution in [0.5, 0.6) is 0 Å². The molecule has 104 valence electrons. The second kappa shape index (κ2) is 5.74. The lowest BCUT2D eigenvalue weighted by molar-refractivity contribution is -0.175. The highest BCUT2D eigenvalue weighted by Gasteiger charge is 2.44. The van der Waals surface area contributed by atoms with Gasteiger partial charge in [0, 0.05) is 0 Å². The predicted molar refractivity (Wildman–Crippen MR) is 45.0 cm³/mol. The van der Waals surface area contributed by atoms with Crippen LogP contribution in [-0.4, -0.2) is 30.8 Å². The Morgan fingerprint density at radius 1 is 1.11 bits per heavy atom. The van der Waals surface area contributed by atoms with Crippen molar-refractivity contribution in [3.8, 4) is 0 Å². The van der Waals surface area contributed by atoms with Crippen LogP contribution in [0, 0.1) is 0 Å². The van der Waals surface area contributed by atoms with Crippen molar-refractivity contribution in [1.82, 2.24) is 5.32 Å². The second-order valence-electron chi connectivity index (χ2n) is 2.76. The van der Waals surface area contributed by atoms with E-state index < -0.39 is 29.9 Å². The van der Waals surface area contributed by atoms with Crippen LogP contribution < -0.4 is 5.32 Å². The van der Waals surface area contributed by atoms with Crippen molar-refractivity contribution in [2.45, 2.75) is 19.3 Å². The molecule has 0 spiro atoms. The molecule has 0 radical (unpaired) electrons. The fraction of sp³-hybridized carbons (Fsp3) is 0.500.